The molecule has 0 saturated heterocycles. The van der Waals surface area contributed by atoms with E-state index < -0.39 is 20.0 Å². The summed E-state index contributed by atoms with van der Waals surface area (Å²) in [5, 5.41) is 10.1. The third-order valence-electron chi connectivity index (χ3n) is 2.52. The highest BCUT2D eigenvalue weighted by molar-refractivity contribution is 7.92. The van der Waals surface area contributed by atoms with Crippen LogP contribution in [0, 0.1) is 10.1 Å². The number of rotatable bonds is 6. The van der Waals surface area contributed by atoms with Crippen LogP contribution in [0.2, 0.25) is 0 Å². The van der Waals surface area contributed by atoms with Crippen molar-refractivity contribution in [2.24, 2.45) is 0 Å². The van der Waals surface area contributed by atoms with E-state index in [1.165, 1.54) is 19.1 Å². The maximum atomic E-state index is 12.2. The number of sulfone groups is 1. The second-order valence-electron chi connectivity index (χ2n) is 4.60. The topological polar surface area (TPSA) is 86.5 Å². The fraction of sp³-hybridized carbons (Fsp3) is 0.500. The molecule has 0 saturated carbocycles. The van der Waals surface area contributed by atoms with E-state index in [1.807, 2.05) is 0 Å². The van der Waals surface area contributed by atoms with Gasteiger partial charge in [0.05, 0.1) is 27.2 Å². The maximum Gasteiger partial charge on any atom is 0.274 e. The molecule has 112 valence electrons. The molecule has 8 heteroatoms. The van der Waals surface area contributed by atoms with Gasteiger partial charge < -0.3 is 4.74 Å². The third-order valence-corrected chi connectivity index (χ3v) is 5.29. The van der Waals surface area contributed by atoms with E-state index in [0.29, 0.717) is 0 Å². The first-order valence-corrected chi connectivity index (χ1v) is 8.02. The molecule has 0 radical (unpaired) electrons. The number of benzene rings is 1. The molecule has 0 aliphatic carbocycles. The summed E-state index contributed by atoms with van der Waals surface area (Å²) >= 11 is 5.57. The molecule has 0 bridgehead atoms. The van der Waals surface area contributed by atoms with Crippen molar-refractivity contribution in [3.05, 3.63) is 28.3 Å². The number of hydrogen-bond donors (Lipinski definition) is 0. The summed E-state index contributed by atoms with van der Waals surface area (Å²) in [6.45, 7) is 4.94. The van der Waals surface area contributed by atoms with Crippen LogP contribution in [0.5, 0.6) is 5.75 Å². The van der Waals surface area contributed by atoms with Crippen LogP contribution in [0.4, 0.5) is 5.69 Å². The summed E-state index contributed by atoms with van der Waals surface area (Å²) in [6.07, 6.45) is -0.224. The summed E-state index contributed by atoms with van der Waals surface area (Å²) in [4.78, 5) is 10.1. The molecule has 0 N–H and O–H groups in total. The van der Waals surface area contributed by atoms with Gasteiger partial charge in [-0.1, -0.05) is 0 Å². The molecule has 1 atom stereocenters. The monoisotopic (exact) mass is 321 g/mol. The lowest BCUT2D eigenvalue weighted by atomic mass is 10.3. The first-order chi connectivity index (χ1) is 9.18. The summed E-state index contributed by atoms with van der Waals surface area (Å²) < 4.78 is 29.8. The van der Waals surface area contributed by atoms with Crippen LogP contribution in [-0.2, 0) is 9.84 Å². The standard InChI is InChI=1S/C12H16ClNO5S/c1-8(2)19-11-4-10(14(15)16)5-12(6-11)20(17,18)9(3)7-13/h4-6,8-9H,7H2,1-3H3. The minimum Gasteiger partial charge on any atom is -0.491 e. The summed E-state index contributed by atoms with van der Waals surface area (Å²) in [5.41, 5.74) is -0.330. The Hall–Kier alpha value is -1.34. The summed E-state index contributed by atoms with van der Waals surface area (Å²) in [7, 11) is -3.72. The number of nitro benzene ring substituents is 1. The first-order valence-electron chi connectivity index (χ1n) is 5.94. The number of halogens is 1. The number of nitro groups is 1. The lowest BCUT2D eigenvalue weighted by molar-refractivity contribution is -0.385. The van der Waals surface area contributed by atoms with Crippen molar-refractivity contribution in [3.8, 4) is 5.75 Å². The molecule has 0 heterocycles. The van der Waals surface area contributed by atoms with E-state index >= 15 is 0 Å². The van der Waals surface area contributed by atoms with Crippen molar-refractivity contribution in [3.63, 3.8) is 0 Å². The summed E-state index contributed by atoms with van der Waals surface area (Å²) in [5.74, 6) is 0.0559. The fourth-order valence-electron chi connectivity index (χ4n) is 1.48. The van der Waals surface area contributed by atoms with Crippen LogP contribution in [0.3, 0.4) is 0 Å². The van der Waals surface area contributed by atoms with Crippen LogP contribution in [0.25, 0.3) is 0 Å². The SMILES string of the molecule is CC(C)Oc1cc([N+](=O)[O-])cc(S(=O)(=O)C(C)CCl)c1. The maximum absolute atomic E-state index is 12.2. The van der Waals surface area contributed by atoms with E-state index in [9.17, 15) is 18.5 Å². The Morgan fingerprint density at radius 3 is 2.35 bits per heavy atom. The van der Waals surface area contributed by atoms with Gasteiger partial charge in [-0.25, -0.2) is 8.42 Å². The Kier molecular flexibility index (Phi) is 5.35. The van der Waals surface area contributed by atoms with Gasteiger partial charge in [0.25, 0.3) is 5.69 Å². The predicted molar refractivity (Wildman–Crippen MR) is 76.2 cm³/mol. The molecule has 1 unspecified atom stereocenters. The highest BCUT2D eigenvalue weighted by Crippen LogP contribution is 2.28. The van der Waals surface area contributed by atoms with Gasteiger partial charge in [0.1, 0.15) is 5.75 Å². The molecular formula is C12H16ClNO5S. The number of nitrogens with zero attached hydrogens (tertiary/aromatic N) is 1. The van der Waals surface area contributed by atoms with Gasteiger partial charge in [0, 0.05) is 11.9 Å². The number of alkyl halides is 1. The van der Waals surface area contributed by atoms with E-state index in [2.05, 4.69) is 0 Å². The van der Waals surface area contributed by atoms with Gasteiger partial charge in [0.2, 0.25) is 0 Å². The van der Waals surface area contributed by atoms with Crippen molar-refractivity contribution in [2.75, 3.05) is 5.88 Å². The zero-order valence-corrected chi connectivity index (χ0v) is 12.9. The molecule has 0 aliphatic heterocycles. The molecule has 0 aliphatic rings. The van der Waals surface area contributed by atoms with E-state index in [0.717, 1.165) is 6.07 Å². The molecule has 20 heavy (non-hydrogen) atoms. The van der Waals surface area contributed by atoms with Crippen molar-refractivity contribution in [1.29, 1.82) is 0 Å². The van der Waals surface area contributed by atoms with Crippen LogP contribution in [0.15, 0.2) is 23.1 Å². The van der Waals surface area contributed by atoms with Gasteiger partial charge in [-0.3, -0.25) is 10.1 Å². The largest absolute Gasteiger partial charge is 0.491 e. The minimum absolute atomic E-state index is 0.0919. The lowest BCUT2D eigenvalue weighted by Gasteiger charge is -2.13. The zero-order chi connectivity index (χ0) is 15.5. The van der Waals surface area contributed by atoms with E-state index in [4.69, 9.17) is 16.3 Å². The number of non-ortho nitro benzene ring substituents is 1. The second kappa shape index (κ2) is 6.41. The molecule has 0 amide bonds. The van der Waals surface area contributed by atoms with E-state index in [1.54, 1.807) is 13.8 Å². The molecule has 6 nitrogen and oxygen atoms in total. The Bertz CT molecular complexity index is 600. The normalized spacial score (nSPS) is 13.2. The van der Waals surface area contributed by atoms with E-state index in [-0.39, 0.29) is 28.3 Å². The molecule has 1 rings (SSSR count). The van der Waals surface area contributed by atoms with Gasteiger partial charge in [-0.05, 0) is 26.8 Å². The van der Waals surface area contributed by atoms with Crippen LogP contribution in [0.1, 0.15) is 20.8 Å². The zero-order valence-electron chi connectivity index (χ0n) is 11.4. The second-order valence-corrected chi connectivity index (χ2v) is 7.27. The van der Waals surface area contributed by atoms with Gasteiger partial charge in [-0.2, -0.15) is 0 Å². The first kappa shape index (κ1) is 16.7. The fourth-order valence-corrected chi connectivity index (χ4v) is 3.18. The third kappa shape index (κ3) is 3.83. The smallest absolute Gasteiger partial charge is 0.274 e. The Morgan fingerprint density at radius 1 is 1.30 bits per heavy atom. The highest BCUT2D eigenvalue weighted by Gasteiger charge is 2.26. The van der Waals surface area contributed by atoms with Gasteiger partial charge in [-0.15, -0.1) is 11.6 Å². The molecule has 0 aromatic heterocycles. The quantitative estimate of drug-likeness (QED) is 0.457. The average Bonchev–Trinajstić information content (AvgIpc) is 2.36. The van der Waals surface area contributed by atoms with Gasteiger partial charge >= 0.3 is 0 Å². The van der Waals surface area contributed by atoms with Crippen molar-refractivity contribution in [2.45, 2.75) is 37.0 Å². The van der Waals surface area contributed by atoms with Crippen molar-refractivity contribution >= 4 is 27.1 Å². The molecule has 0 fully saturated rings. The Balaban J connectivity index is 3.39. The number of ether oxygens (including phenoxy) is 1. The lowest BCUT2D eigenvalue weighted by Crippen LogP contribution is -2.20. The highest BCUT2D eigenvalue weighted by atomic mass is 35.5. The van der Waals surface area contributed by atoms with Gasteiger partial charge in [0.15, 0.2) is 9.84 Å². The van der Waals surface area contributed by atoms with Crippen LogP contribution >= 0.6 is 11.6 Å². The molecule has 1 aromatic carbocycles. The number of hydrogen-bond acceptors (Lipinski definition) is 5. The van der Waals surface area contributed by atoms with Crippen molar-refractivity contribution in [1.82, 2.24) is 0 Å². The van der Waals surface area contributed by atoms with Crippen LogP contribution in [-0.4, -0.2) is 30.6 Å². The average molecular weight is 322 g/mol. The minimum atomic E-state index is -3.72. The molecular weight excluding hydrogens is 306 g/mol. The predicted octanol–water partition coefficient (Wildman–Crippen LogP) is 2.78. The van der Waals surface area contributed by atoms with Crippen molar-refractivity contribution < 1.29 is 18.1 Å². The molecule has 1 aromatic rings. The Morgan fingerprint density at radius 2 is 1.90 bits per heavy atom. The van der Waals surface area contributed by atoms with Crippen LogP contribution < -0.4 is 4.74 Å². The Labute approximate surface area is 122 Å². The molecule has 0 spiro atoms. The summed E-state index contributed by atoms with van der Waals surface area (Å²) in [6, 6.07) is 3.50.